The number of amides is 1. The quantitative estimate of drug-likeness (QED) is 0.413. The molecule has 1 unspecified atom stereocenters. The number of carbonyl (C=O) groups excluding carboxylic acids is 1. The van der Waals surface area contributed by atoms with Crippen LogP contribution in [0.1, 0.15) is 22.3 Å². The van der Waals surface area contributed by atoms with Crippen molar-refractivity contribution in [3.05, 3.63) is 89.1 Å². The maximum Gasteiger partial charge on any atom is 0.254 e. The van der Waals surface area contributed by atoms with Crippen LogP contribution in [-0.2, 0) is 6.42 Å². The molecule has 0 bridgehead atoms. The number of pyridine rings is 1. The van der Waals surface area contributed by atoms with Crippen molar-refractivity contribution in [1.82, 2.24) is 14.9 Å². The zero-order valence-electron chi connectivity index (χ0n) is 18.0. The first-order valence-corrected chi connectivity index (χ1v) is 12.0. The number of hydrogen-bond acceptors (Lipinski definition) is 6. The van der Waals surface area contributed by atoms with Gasteiger partial charge in [0.25, 0.3) is 5.91 Å². The van der Waals surface area contributed by atoms with E-state index >= 15 is 0 Å². The molecule has 33 heavy (non-hydrogen) atoms. The molecule has 1 atom stereocenters. The highest BCUT2D eigenvalue weighted by atomic mass is 32.1. The first-order valence-electron chi connectivity index (χ1n) is 11.1. The van der Waals surface area contributed by atoms with Gasteiger partial charge in [-0.15, -0.1) is 11.3 Å². The Hall–Kier alpha value is -3.71. The predicted molar refractivity (Wildman–Crippen MR) is 133 cm³/mol. The summed E-state index contributed by atoms with van der Waals surface area (Å²) in [5.74, 6) is 1.03. The Balaban J connectivity index is 1.16. The summed E-state index contributed by atoms with van der Waals surface area (Å²) in [6.45, 7) is 1.38. The fourth-order valence-electron chi connectivity index (χ4n) is 4.62. The lowest BCUT2D eigenvalue weighted by atomic mass is 9.96. The largest absolute Gasteiger partial charge is 0.363 e. The van der Waals surface area contributed by atoms with Gasteiger partial charge in [0.05, 0.1) is 21.8 Å². The van der Waals surface area contributed by atoms with Gasteiger partial charge in [-0.1, -0.05) is 24.3 Å². The predicted octanol–water partition coefficient (Wildman–Crippen LogP) is 5.24. The molecule has 0 spiro atoms. The van der Waals surface area contributed by atoms with Gasteiger partial charge in [-0.2, -0.15) is 0 Å². The van der Waals surface area contributed by atoms with Crippen molar-refractivity contribution in [2.24, 2.45) is 0 Å². The van der Waals surface area contributed by atoms with Crippen LogP contribution in [0.25, 0.3) is 10.2 Å². The maximum atomic E-state index is 12.7. The van der Waals surface area contributed by atoms with E-state index in [4.69, 9.17) is 0 Å². The first-order chi connectivity index (χ1) is 16.2. The van der Waals surface area contributed by atoms with Crippen molar-refractivity contribution >= 4 is 44.7 Å². The lowest BCUT2D eigenvalue weighted by Gasteiger charge is -2.29. The molecule has 4 heterocycles. The van der Waals surface area contributed by atoms with Crippen molar-refractivity contribution in [1.29, 1.82) is 0 Å². The second-order valence-electron chi connectivity index (χ2n) is 8.39. The van der Waals surface area contributed by atoms with Gasteiger partial charge in [0.1, 0.15) is 5.82 Å². The highest BCUT2D eigenvalue weighted by Gasteiger charge is 2.29. The summed E-state index contributed by atoms with van der Waals surface area (Å²) in [6.07, 6.45) is 5.80. The van der Waals surface area contributed by atoms with Crippen molar-refractivity contribution in [3.8, 4) is 0 Å². The van der Waals surface area contributed by atoms with Crippen molar-refractivity contribution in [3.63, 3.8) is 0 Å². The van der Waals surface area contributed by atoms with Crippen LogP contribution < -0.4 is 10.6 Å². The molecule has 2 aliphatic heterocycles. The highest BCUT2D eigenvalue weighted by Crippen LogP contribution is 2.36. The number of benzene rings is 2. The van der Waals surface area contributed by atoms with Crippen LogP contribution in [-0.4, -0.2) is 39.9 Å². The molecule has 0 radical (unpaired) electrons. The van der Waals surface area contributed by atoms with Gasteiger partial charge >= 0.3 is 0 Å². The second-order valence-corrected chi connectivity index (χ2v) is 9.28. The molecule has 0 aliphatic carbocycles. The Morgan fingerprint density at radius 1 is 1.12 bits per heavy atom. The van der Waals surface area contributed by atoms with E-state index in [1.165, 1.54) is 15.8 Å². The van der Waals surface area contributed by atoms with Crippen molar-refractivity contribution in [2.45, 2.75) is 18.9 Å². The summed E-state index contributed by atoms with van der Waals surface area (Å²) in [4.78, 5) is 23.6. The van der Waals surface area contributed by atoms with Gasteiger partial charge in [0.2, 0.25) is 0 Å². The maximum absolute atomic E-state index is 12.7. The molecule has 2 aromatic heterocycles. The van der Waals surface area contributed by atoms with E-state index in [-0.39, 0.29) is 11.9 Å². The molecule has 4 aromatic rings. The molecule has 6 nitrogen and oxygen atoms in total. The molecular formula is C26H23N5OS. The Morgan fingerprint density at radius 2 is 2.03 bits per heavy atom. The Bertz CT molecular complexity index is 1360. The van der Waals surface area contributed by atoms with Crippen LogP contribution in [0.3, 0.4) is 0 Å². The van der Waals surface area contributed by atoms with Gasteiger partial charge in [-0.25, -0.2) is 9.97 Å². The van der Waals surface area contributed by atoms with Crippen LogP contribution >= 0.6 is 11.3 Å². The van der Waals surface area contributed by atoms with Crippen LogP contribution in [0.5, 0.6) is 0 Å². The van der Waals surface area contributed by atoms with E-state index in [2.05, 4.69) is 38.8 Å². The number of fused-ring (bicyclic) bond motifs is 2. The molecule has 6 rings (SSSR count). The van der Waals surface area contributed by atoms with Gasteiger partial charge < -0.3 is 15.5 Å². The van der Waals surface area contributed by atoms with Gasteiger partial charge in [0, 0.05) is 48.2 Å². The lowest BCUT2D eigenvalue weighted by Crippen LogP contribution is -2.37. The van der Waals surface area contributed by atoms with Crippen molar-refractivity contribution in [2.75, 3.05) is 23.7 Å². The van der Waals surface area contributed by atoms with Gasteiger partial charge in [0.15, 0.2) is 0 Å². The van der Waals surface area contributed by atoms with E-state index in [1.807, 2.05) is 59.1 Å². The zero-order valence-corrected chi connectivity index (χ0v) is 18.8. The number of hydrogen-bond donors (Lipinski definition) is 2. The molecule has 0 fully saturated rings. The Kier molecular flexibility index (Phi) is 5.03. The highest BCUT2D eigenvalue weighted by molar-refractivity contribution is 7.16. The molecule has 2 aromatic carbocycles. The van der Waals surface area contributed by atoms with Crippen LogP contribution in [0.15, 0.2) is 78.0 Å². The number of nitrogens with zero attached hydrogens (tertiary/aromatic N) is 3. The molecule has 1 amide bonds. The molecule has 0 saturated carbocycles. The minimum Gasteiger partial charge on any atom is -0.363 e. The standard InChI is InChI=1S/C26H23N5OS/c32-26(18-4-2-1-3-5-18)31-12-9-17(10-13-31)23-15-20-21(8-11-27-25(20)30-23)29-19-6-7-22-24(14-19)33-16-28-22/h1-9,11,14,16,23H,10,12-13,15H2,(H2,27,29,30). The van der Waals surface area contributed by atoms with Gasteiger partial charge in [-0.3, -0.25) is 4.79 Å². The molecule has 0 saturated heterocycles. The average molecular weight is 454 g/mol. The van der Waals surface area contributed by atoms with E-state index in [0.29, 0.717) is 6.54 Å². The number of aromatic nitrogens is 2. The summed E-state index contributed by atoms with van der Waals surface area (Å²) in [6, 6.07) is 18.0. The number of thiazole rings is 1. The van der Waals surface area contributed by atoms with E-state index in [0.717, 1.165) is 47.7 Å². The van der Waals surface area contributed by atoms with Crippen molar-refractivity contribution < 1.29 is 4.79 Å². The SMILES string of the molecule is O=C(c1ccccc1)N1CC=C(C2Cc3c(Nc4ccc5ncsc5c4)ccnc3N2)CC1. The second kappa shape index (κ2) is 8.33. The van der Waals surface area contributed by atoms with Crippen LogP contribution in [0, 0.1) is 0 Å². The lowest BCUT2D eigenvalue weighted by molar-refractivity contribution is 0.0768. The summed E-state index contributed by atoms with van der Waals surface area (Å²) < 4.78 is 1.17. The summed E-state index contributed by atoms with van der Waals surface area (Å²) in [5, 5.41) is 7.18. The minimum atomic E-state index is 0.0969. The Morgan fingerprint density at radius 3 is 2.88 bits per heavy atom. The normalized spacial score (nSPS) is 17.4. The average Bonchev–Trinajstić information content (AvgIpc) is 3.52. The van der Waals surface area contributed by atoms with Crippen LogP contribution in [0.4, 0.5) is 17.2 Å². The number of carbonyl (C=O) groups is 1. The van der Waals surface area contributed by atoms with E-state index in [9.17, 15) is 4.79 Å². The fraction of sp³-hybridized carbons (Fsp3) is 0.192. The summed E-state index contributed by atoms with van der Waals surface area (Å²) in [5.41, 5.74) is 8.33. The molecule has 164 valence electrons. The molecular weight excluding hydrogens is 430 g/mol. The zero-order chi connectivity index (χ0) is 22.2. The fourth-order valence-corrected chi connectivity index (χ4v) is 5.34. The minimum absolute atomic E-state index is 0.0969. The summed E-state index contributed by atoms with van der Waals surface area (Å²) in [7, 11) is 0. The van der Waals surface area contributed by atoms with E-state index in [1.54, 1.807) is 11.3 Å². The summed E-state index contributed by atoms with van der Waals surface area (Å²) >= 11 is 1.65. The van der Waals surface area contributed by atoms with E-state index < -0.39 is 0 Å². The first kappa shape index (κ1) is 19.9. The topological polar surface area (TPSA) is 70.2 Å². The van der Waals surface area contributed by atoms with Crippen LogP contribution in [0.2, 0.25) is 0 Å². The smallest absolute Gasteiger partial charge is 0.254 e. The molecule has 2 N–H and O–H groups in total. The number of anilines is 3. The third kappa shape index (κ3) is 3.85. The van der Waals surface area contributed by atoms with Gasteiger partial charge in [-0.05, 0) is 48.4 Å². The monoisotopic (exact) mass is 453 g/mol. The third-order valence-electron chi connectivity index (χ3n) is 6.39. The third-order valence-corrected chi connectivity index (χ3v) is 7.18. The molecule has 2 aliphatic rings. The Labute approximate surface area is 196 Å². The molecule has 7 heteroatoms. The number of nitrogens with one attached hydrogen (secondary N) is 2. The number of rotatable bonds is 4.